The maximum atomic E-state index is 12.7. The van der Waals surface area contributed by atoms with E-state index in [0.717, 1.165) is 75.6 Å². The third-order valence-corrected chi connectivity index (χ3v) is 5.05. The molecule has 0 aromatic carbocycles. The van der Waals surface area contributed by atoms with Crippen molar-refractivity contribution in [2.75, 3.05) is 18.4 Å². The zero-order valence-electron chi connectivity index (χ0n) is 14.2. The predicted octanol–water partition coefficient (Wildman–Crippen LogP) is 3.05. The van der Waals surface area contributed by atoms with Crippen LogP contribution < -0.4 is 5.32 Å². The highest BCUT2D eigenvalue weighted by Crippen LogP contribution is 2.29. The molecule has 0 saturated carbocycles. The van der Waals surface area contributed by atoms with Gasteiger partial charge in [-0.05, 0) is 25.7 Å². The Labute approximate surface area is 148 Å². The molecule has 26 heavy (non-hydrogen) atoms. The van der Waals surface area contributed by atoms with Gasteiger partial charge in [0, 0.05) is 43.7 Å². The number of hydrogen-bond acceptors (Lipinski definition) is 6. The molecule has 6 nitrogen and oxygen atoms in total. The second kappa shape index (κ2) is 6.86. The van der Waals surface area contributed by atoms with Crippen LogP contribution in [0.5, 0.6) is 0 Å². The van der Waals surface area contributed by atoms with Crippen molar-refractivity contribution >= 4 is 5.82 Å². The number of aromatic nitrogens is 3. The number of alkyl halides is 3. The summed E-state index contributed by atoms with van der Waals surface area (Å²) in [6.07, 6.45) is 1.33. The summed E-state index contributed by atoms with van der Waals surface area (Å²) in [6, 6.07) is 1.07. The van der Waals surface area contributed by atoms with E-state index in [9.17, 15) is 13.2 Å². The van der Waals surface area contributed by atoms with E-state index < -0.39 is 11.9 Å². The molecule has 0 spiro atoms. The van der Waals surface area contributed by atoms with Crippen LogP contribution in [0.15, 0.2) is 16.9 Å². The van der Waals surface area contributed by atoms with Crippen molar-refractivity contribution in [3.63, 3.8) is 0 Å². The van der Waals surface area contributed by atoms with Crippen LogP contribution in [-0.2, 0) is 25.6 Å². The molecule has 9 heteroatoms. The smallest absolute Gasteiger partial charge is 0.367 e. The molecule has 3 heterocycles. The van der Waals surface area contributed by atoms with E-state index in [1.807, 2.05) is 0 Å². The first kappa shape index (κ1) is 17.3. The van der Waals surface area contributed by atoms with Gasteiger partial charge in [-0.3, -0.25) is 4.90 Å². The fourth-order valence-electron chi connectivity index (χ4n) is 3.66. The molecule has 0 atom stereocenters. The second-order valence-electron chi connectivity index (χ2n) is 6.87. The Bertz CT molecular complexity index is 768. The van der Waals surface area contributed by atoms with Gasteiger partial charge in [-0.1, -0.05) is 5.16 Å². The predicted molar refractivity (Wildman–Crippen MR) is 87.5 cm³/mol. The van der Waals surface area contributed by atoms with E-state index in [-0.39, 0.29) is 11.9 Å². The molecule has 0 bridgehead atoms. The molecule has 4 rings (SSSR count). The number of aryl methyl sites for hydroxylation is 1. The highest BCUT2D eigenvalue weighted by atomic mass is 19.4. The summed E-state index contributed by atoms with van der Waals surface area (Å²) in [7, 11) is 0. The molecule has 0 unspecified atom stereocenters. The van der Waals surface area contributed by atoms with Crippen molar-refractivity contribution in [2.45, 2.75) is 50.9 Å². The highest BCUT2D eigenvalue weighted by molar-refractivity contribution is 5.37. The van der Waals surface area contributed by atoms with Gasteiger partial charge in [-0.15, -0.1) is 0 Å². The Hall–Kier alpha value is -2.16. The largest absolute Gasteiger partial charge is 0.433 e. The van der Waals surface area contributed by atoms with Gasteiger partial charge in [0.1, 0.15) is 29.3 Å². The number of halogens is 3. The number of piperidine rings is 1. The molecule has 2 aromatic heterocycles. The summed E-state index contributed by atoms with van der Waals surface area (Å²) in [5.74, 6) is 1.25. The van der Waals surface area contributed by atoms with Gasteiger partial charge < -0.3 is 9.84 Å². The Morgan fingerprint density at radius 2 is 2.00 bits per heavy atom. The summed E-state index contributed by atoms with van der Waals surface area (Å²) in [6.45, 7) is 2.49. The second-order valence-corrected chi connectivity index (χ2v) is 6.87. The van der Waals surface area contributed by atoms with Gasteiger partial charge in [0.25, 0.3) is 0 Å². The average molecular weight is 367 g/mol. The lowest BCUT2D eigenvalue weighted by Gasteiger charge is -2.32. The minimum atomic E-state index is -4.46. The SMILES string of the molecule is FC(F)(F)c1cc(NC2CCN(Cc3noc4c3CCC4)CC2)ncn1. The normalized spacial score (nSPS) is 18.9. The molecular weight excluding hydrogens is 347 g/mol. The van der Waals surface area contributed by atoms with Crippen LogP contribution in [0.4, 0.5) is 19.0 Å². The maximum Gasteiger partial charge on any atom is 0.433 e. The van der Waals surface area contributed by atoms with E-state index >= 15 is 0 Å². The average Bonchev–Trinajstić information content (AvgIpc) is 3.21. The van der Waals surface area contributed by atoms with E-state index in [1.165, 1.54) is 5.56 Å². The number of hydrogen-bond donors (Lipinski definition) is 1. The zero-order chi connectivity index (χ0) is 18.1. The molecule has 140 valence electrons. The number of rotatable bonds is 4. The summed E-state index contributed by atoms with van der Waals surface area (Å²) < 4.78 is 43.6. The number of nitrogens with one attached hydrogen (secondary N) is 1. The minimum Gasteiger partial charge on any atom is -0.367 e. The molecular formula is C17H20F3N5O. The number of likely N-dealkylation sites (tertiary alicyclic amines) is 1. The van der Waals surface area contributed by atoms with Crippen molar-refractivity contribution in [2.24, 2.45) is 0 Å². The minimum absolute atomic E-state index is 0.102. The molecule has 1 fully saturated rings. The lowest BCUT2D eigenvalue weighted by atomic mass is 10.0. The molecule has 1 aliphatic heterocycles. The topological polar surface area (TPSA) is 67.1 Å². The van der Waals surface area contributed by atoms with Crippen LogP contribution in [0.3, 0.4) is 0 Å². The van der Waals surface area contributed by atoms with E-state index in [4.69, 9.17) is 4.52 Å². The molecule has 2 aliphatic rings. The Kier molecular flexibility index (Phi) is 4.56. The van der Waals surface area contributed by atoms with Crippen LogP contribution in [-0.4, -0.2) is 39.2 Å². The Morgan fingerprint density at radius 1 is 1.19 bits per heavy atom. The summed E-state index contributed by atoms with van der Waals surface area (Å²) in [5, 5.41) is 7.30. The van der Waals surface area contributed by atoms with Crippen LogP contribution in [0, 0.1) is 0 Å². The molecule has 0 amide bonds. The van der Waals surface area contributed by atoms with Gasteiger partial charge in [0.2, 0.25) is 0 Å². The number of fused-ring (bicyclic) bond motifs is 1. The monoisotopic (exact) mass is 367 g/mol. The van der Waals surface area contributed by atoms with Gasteiger partial charge in [-0.25, -0.2) is 9.97 Å². The third kappa shape index (κ3) is 3.67. The lowest BCUT2D eigenvalue weighted by Crippen LogP contribution is -2.39. The Balaban J connectivity index is 1.31. The molecule has 2 aromatic rings. The first-order valence-electron chi connectivity index (χ1n) is 8.83. The van der Waals surface area contributed by atoms with Crippen molar-refractivity contribution in [1.29, 1.82) is 0 Å². The van der Waals surface area contributed by atoms with Gasteiger partial charge in [-0.2, -0.15) is 13.2 Å². The van der Waals surface area contributed by atoms with Crippen LogP contribution in [0.1, 0.15) is 42.0 Å². The van der Waals surface area contributed by atoms with Crippen LogP contribution >= 0.6 is 0 Å². The quantitative estimate of drug-likeness (QED) is 0.896. The highest BCUT2D eigenvalue weighted by Gasteiger charge is 2.33. The van der Waals surface area contributed by atoms with Crippen LogP contribution in [0.2, 0.25) is 0 Å². The van der Waals surface area contributed by atoms with Crippen molar-refractivity contribution in [3.05, 3.63) is 35.1 Å². The van der Waals surface area contributed by atoms with E-state index in [2.05, 4.69) is 25.3 Å². The van der Waals surface area contributed by atoms with Gasteiger partial charge in [0.15, 0.2) is 0 Å². The summed E-state index contributed by atoms with van der Waals surface area (Å²) in [4.78, 5) is 9.51. The molecule has 1 saturated heterocycles. The maximum absolute atomic E-state index is 12.7. The van der Waals surface area contributed by atoms with Gasteiger partial charge >= 0.3 is 6.18 Å². The Morgan fingerprint density at radius 3 is 2.77 bits per heavy atom. The molecule has 0 radical (unpaired) electrons. The van der Waals surface area contributed by atoms with E-state index in [1.54, 1.807) is 0 Å². The zero-order valence-corrected chi connectivity index (χ0v) is 14.2. The number of anilines is 1. The standard InChI is InChI=1S/C17H20F3N5O/c18-17(19,20)15-8-16(22-10-21-15)23-11-4-6-25(7-5-11)9-13-12-2-1-3-14(12)26-24-13/h8,10-11H,1-7,9H2,(H,21,22,23). The van der Waals surface area contributed by atoms with Crippen molar-refractivity contribution in [1.82, 2.24) is 20.0 Å². The first-order valence-corrected chi connectivity index (χ1v) is 8.83. The van der Waals surface area contributed by atoms with Crippen molar-refractivity contribution in [3.8, 4) is 0 Å². The van der Waals surface area contributed by atoms with Crippen molar-refractivity contribution < 1.29 is 17.7 Å². The van der Waals surface area contributed by atoms with E-state index in [0.29, 0.717) is 0 Å². The fourth-order valence-corrected chi connectivity index (χ4v) is 3.66. The molecule has 1 N–H and O–H groups in total. The fraction of sp³-hybridized carbons (Fsp3) is 0.588. The summed E-state index contributed by atoms with van der Waals surface area (Å²) >= 11 is 0. The lowest BCUT2D eigenvalue weighted by molar-refractivity contribution is -0.141. The first-order chi connectivity index (χ1) is 12.5. The van der Waals surface area contributed by atoms with Crippen LogP contribution in [0.25, 0.3) is 0 Å². The third-order valence-electron chi connectivity index (χ3n) is 5.05. The van der Waals surface area contributed by atoms with Gasteiger partial charge in [0.05, 0.1) is 0 Å². The number of nitrogens with zero attached hydrogens (tertiary/aromatic N) is 4. The summed E-state index contributed by atoms with van der Waals surface area (Å²) in [5.41, 5.74) is 1.38. The molecule has 1 aliphatic carbocycles.